The number of esters is 1. The van der Waals surface area contributed by atoms with Crippen LogP contribution in [0.1, 0.15) is 20.3 Å². The van der Waals surface area contributed by atoms with Crippen LogP contribution < -0.4 is 5.32 Å². The lowest BCUT2D eigenvalue weighted by molar-refractivity contribution is -0.139. The summed E-state index contributed by atoms with van der Waals surface area (Å²) in [5.41, 5.74) is 0. The van der Waals surface area contributed by atoms with Crippen LogP contribution in [0.25, 0.3) is 0 Å². The fourth-order valence-corrected chi connectivity index (χ4v) is 2.98. The van der Waals surface area contributed by atoms with Gasteiger partial charge in [-0.3, -0.25) is 4.79 Å². The molecule has 0 spiro atoms. The second kappa shape index (κ2) is 8.78. The Hall–Kier alpha value is -0.260. The highest BCUT2D eigenvalue weighted by Crippen LogP contribution is 2.20. The van der Waals surface area contributed by atoms with Crippen LogP contribution >= 0.6 is 11.8 Å². The second-order valence-corrected chi connectivity index (χ2v) is 5.14. The molecule has 1 N–H and O–H groups in total. The van der Waals surface area contributed by atoms with E-state index in [-0.39, 0.29) is 5.97 Å². The number of thioether (sulfide) groups is 1. The molecule has 0 saturated carbocycles. The average Bonchev–Trinajstić information content (AvgIpc) is 2.81. The molecule has 1 saturated heterocycles. The van der Waals surface area contributed by atoms with E-state index in [1.54, 1.807) is 11.8 Å². The van der Waals surface area contributed by atoms with E-state index in [4.69, 9.17) is 9.47 Å². The highest BCUT2D eigenvalue weighted by atomic mass is 32.2. The van der Waals surface area contributed by atoms with Gasteiger partial charge >= 0.3 is 5.97 Å². The van der Waals surface area contributed by atoms with Crippen molar-refractivity contribution in [3.05, 3.63) is 0 Å². The van der Waals surface area contributed by atoms with Gasteiger partial charge in [0.05, 0.1) is 19.0 Å². The summed E-state index contributed by atoms with van der Waals surface area (Å²) in [5.74, 6) is 1.87. The van der Waals surface area contributed by atoms with Crippen LogP contribution in [-0.2, 0) is 14.3 Å². The van der Waals surface area contributed by atoms with Crippen molar-refractivity contribution < 1.29 is 14.3 Å². The molecule has 0 aromatic carbocycles. The predicted octanol–water partition coefficient (Wildman–Crippen LogP) is 1.30. The zero-order chi connectivity index (χ0) is 12.5. The van der Waals surface area contributed by atoms with Gasteiger partial charge in [-0.05, 0) is 19.9 Å². The van der Waals surface area contributed by atoms with Gasteiger partial charge in [-0.25, -0.2) is 0 Å². The number of carbonyl (C=O) groups excluding carboxylic acids is 1. The van der Waals surface area contributed by atoms with Crippen LogP contribution in [0.4, 0.5) is 0 Å². The first-order valence-electron chi connectivity index (χ1n) is 6.32. The van der Waals surface area contributed by atoms with Gasteiger partial charge in [0.25, 0.3) is 0 Å². The van der Waals surface area contributed by atoms with E-state index in [1.165, 1.54) is 0 Å². The Labute approximate surface area is 108 Å². The van der Waals surface area contributed by atoms with E-state index in [2.05, 4.69) is 12.2 Å². The topological polar surface area (TPSA) is 47.6 Å². The Morgan fingerprint density at radius 2 is 2.41 bits per heavy atom. The predicted molar refractivity (Wildman–Crippen MR) is 70.3 cm³/mol. The second-order valence-electron chi connectivity index (χ2n) is 4.11. The van der Waals surface area contributed by atoms with Crippen molar-refractivity contribution in [2.45, 2.75) is 26.3 Å². The number of ether oxygens (including phenoxy) is 2. The van der Waals surface area contributed by atoms with E-state index in [1.807, 2.05) is 6.92 Å². The van der Waals surface area contributed by atoms with Crippen molar-refractivity contribution in [2.24, 2.45) is 5.92 Å². The first kappa shape index (κ1) is 14.8. The molecule has 1 rings (SSSR count). The Balaban J connectivity index is 2.21. The van der Waals surface area contributed by atoms with Crippen LogP contribution in [0, 0.1) is 5.92 Å². The Kier molecular flexibility index (Phi) is 7.64. The van der Waals surface area contributed by atoms with Crippen molar-refractivity contribution in [2.75, 3.05) is 37.9 Å². The summed E-state index contributed by atoms with van der Waals surface area (Å²) in [5, 5.41) is 3.48. The summed E-state index contributed by atoms with van der Waals surface area (Å²) in [7, 11) is 0. The number of carbonyl (C=O) groups is 1. The molecule has 4 nitrogen and oxygen atoms in total. The summed E-state index contributed by atoms with van der Waals surface area (Å²) >= 11 is 1.64. The molecule has 1 aliphatic heterocycles. The maximum atomic E-state index is 11.2. The molecule has 2 unspecified atom stereocenters. The summed E-state index contributed by atoms with van der Waals surface area (Å²) in [6.45, 7) is 7.08. The average molecular weight is 261 g/mol. The van der Waals surface area contributed by atoms with Crippen molar-refractivity contribution in [1.29, 1.82) is 0 Å². The molecule has 0 bridgehead atoms. The minimum Gasteiger partial charge on any atom is -0.465 e. The SMILES string of the molecule is CCNC(CSCC(=O)OCC)C1CCOC1. The molecule has 0 radical (unpaired) electrons. The molecule has 0 amide bonds. The summed E-state index contributed by atoms with van der Waals surface area (Å²) in [4.78, 5) is 11.2. The Morgan fingerprint density at radius 3 is 3.00 bits per heavy atom. The van der Waals surface area contributed by atoms with E-state index < -0.39 is 0 Å². The highest BCUT2D eigenvalue weighted by Gasteiger charge is 2.25. The minimum atomic E-state index is -0.115. The number of hydrogen-bond acceptors (Lipinski definition) is 5. The number of nitrogens with one attached hydrogen (secondary N) is 1. The zero-order valence-electron chi connectivity index (χ0n) is 10.7. The molecule has 0 aliphatic carbocycles. The van der Waals surface area contributed by atoms with E-state index in [9.17, 15) is 4.79 Å². The fourth-order valence-electron chi connectivity index (χ4n) is 1.97. The zero-order valence-corrected chi connectivity index (χ0v) is 11.6. The van der Waals surface area contributed by atoms with Crippen molar-refractivity contribution in [3.63, 3.8) is 0 Å². The summed E-state index contributed by atoms with van der Waals surface area (Å²) in [6, 6.07) is 0.446. The maximum Gasteiger partial charge on any atom is 0.315 e. The van der Waals surface area contributed by atoms with Gasteiger partial charge in [0.15, 0.2) is 0 Å². The highest BCUT2D eigenvalue weighted by molar-refractivity contribution is 7.99. The van der Waals surface area contributed by atoms with Crippen LogP contribution in [0.5, 0.6) is 0 Å². The van der Waals surface area contributed by atoms with Crippen molar-refractivity contribution in [3.8, 4) is 0 Å². The fraction of sp³-hybridized carbons (Fsp3) is 0.917. The maximum absolute atomic E-state index is 11.2. The third-order valence-corrected chi connectivity index (χ3v) is 3.86. The summed E-state index contributed by atoms with van der Waals surface area (Å²) < 4.78 is 10.3. The molecule has 100 valence electrons. The molecule has 5 heteroatoms. The van der Waals surface area contributed by atoms with Crippen LogP contribution in [0.2, 0.25) is 0 Å². The molecular weight excluding hydrogens is 238 g/mol. The molecule has 1 heterocycles. The molecule has 1 aliphatic rings. The third-order valence-electron chi connectivity index (χ3n) is 2.82. The summed E-state index contributed by atoms with van der Waals surface area (Å²) in [6.07, 6.45) is 1.12. The van der Waals surface area contributed by atoms with Crippen molar-refractivity contribution >= 4 is 17.7 Å². The lowest BCUT2D eigenvalue weighted by Crippen LogP contribution is -2.38. The largest absolute Gasteiger partial charge is 0.465 e. The monoisotopic (exact) mass is 261 g/mol. The molecule has 2 atom stereocenters. The third kappa shape index (κ3) is 5.75. The molecule has 0 aromatic rings. The van der Waals surface area contributed by atoms with Gasteiger partial charge in [0, 0.05) is 24.3 Å². The Morgan fingerprint density at radius 1 is 1.59 bits per heavy atom. The van der Waals surface area contributed by atoms with Crippen molar-refractivity contribution in [1.82, 2.24) is 5.32 Å². The van der Waals surface area contributed by atoms with E-state index in [0.29, 0.717) is 24.3 Å². The van der Waals surface area contributed by atoms with Gasteiger partial charge in [0.1, 0.15) is 0 Å². The quantitative estimate of drug-likeness (QED) is 0.667. The normalized spacial score (nSPS) is 21.4. The van der Waals surface area contributed by atoms with E-state index in [0.717, 1.165) is 31.9 Å². The standard InChI is InChI=1S/C12H23NO3S/c1-3-13-11(10-5-6-15-7-10)8-17-9-12(14)16-4-2/h10-11,13H,3-9H2,1-2H3. The van der Waals surface area contributed by atoms with E-state index >= 15 is 0 Å². The smallest absolute Gasteiger partial charge is 0.315 e. The van der Waals surface area contributed by atoms with Gasteiger partial charge in [-0.1, -0.05) is 6.92 Å². The van der Waals surface area contributed by atoms with Gasteiger partial charge in [-0.2, -0.15) is 0 Å². The first-order chi connectivity index (χ1) is 8.27. The molecule has 0 aromatic heterocycles. The van der Waals surface area contributed by atoms with Crippen LogP contribution in [-0.4, -0.2) is 49.9 Å². The molecule has 17 heavy (non-hydrogen) atoms. The van der Waals surface area contributed by atoms with Gasteiger partial charge in [0.2, 0.25) is 0 Å². The molecular formula is C12H23NO3S. The lowest BCUT2D eigenvalue weighted by Gasteiger charge is -2.22. The lowest BCUT2D eigenvalue weighted by atomic mass is 10.0. The van der Waals surface area contributed by atoms with Gasteiger partial charge in [-0.15, -0.1) is 11.8 Å². The number of hydrogen-bond donors (Lipinski definition) is 1. The van der Waals surface area contributed by atoms with Crippen LogP contribution in [0.15, 0.2) is 0 Å². The number of rotatable bonds is 8. The van der Waals surface area contributed by atoms with Crippen LogP contribution in [0.3, 0.4) is 0 Å². The van der Waals surface area contributed by atoms with Gasteiger partial charge < -0.3 is 14.8 Å². The Bertz CT molecular complexity index is 220. The first-order valence-corrected chi connectivity index (χ1v) is 7.47. The minimum absolute atomic E-state index is 0.115. The molecule has 1 fully saturated rings.